The summed E-state index contributed by atoms with van der Waals surface area (Å²) in [5.74, 6) is -6.44. The van der Waals surface area contributed by atoms with Gasteiger partial charge in [0, 0.05) is 31.3 Å². The molecule has 1 fully saturated rings. The van der Waals surface area contributed by atoms with Crippen molar-refractivity contribution in [1.82, 2.24) is 20.3 Å². The number of nitrogens with zero attached hydrogens (tertiary/aromatic N) is 4. The fourth-order valence-electron chi connectivity index (χ4n) is 5.82. The molecule has 52 heavy (non-hydrogen) atoms. The number of methoxy groups -OCH3 is 1. The van der Waals surface area contributed by atoms with Gasteiger partial charge in [-0.3, -0.25) is 9.78 Å². The molecule has 0 spiro atoms. The zero-order valence-corrected chi connectivity index (χ0v) is 27.1. The van der Waals surface area contributed by atoms with Gasteiger partial charge in [-0.15, -0.1) is 0 Å². The zero-order chi connectivity index (χ0) is 38.8. The second-order valence-corrected chi connectivity index (χ2v) is 11.9. The third-order valence-corrected chi connectivity index (χ3v) is 7.99. The van der Waals surface area contributed by atoms with E-state index in [-0.39, 0.29) is 47.3 Å². The van der Waals surface area contributed by atoms with E-state index in [1.54, 1.807) is 6.07 Å². The van der Waals surface area contributed by atoms with Crippen molar-refractivity contribution in [1.29, 1.82) is 0 Å². The van der Waals surface area contributed by atoms with Crippen molar-refractivity contribution in [2.75, 3.05) is 25.1 Å². The second kappa shape index (κ2) is 15.0. The van der Waals surface area contributed by atoms with Gasteiger partial charge < -0.3 is 30.3 Å². The zero-order valence-electron chi connectivity index (χ0n) is 27.1. The SMILES string of the molecule is COc1nc2c3cnc(c(F)c3n1)-c1cc(O)cc3ccc(F)c(c13)CCCC(=O)N[C@]1(C)CCCN2C1.O=C(O)C(F)(F)F.O=C(O)C(F)(F)F. The molecule has 4 aromatic rings. The standard InChI is InChI=1S/C28H27F2N5O3.2C2HF3O2/c1-28-9-4-10-35(14-28)26-19-13-31-24(23(30)25(19)32-27(33-26)38-2)18-12-16(36)11-15-7-8-20(29)17(22(15)18)5-3-6-21(37)34-28;2*3-2(4,5)1(6)7/h7-8,11-13,36H,3-6,9-10,14H2,1-2H3,(H,34,37);2*(H,6,7)/t28-;;/m1../s1. The Morgan fingerprint density at radius 3 is 2.21 bits per heavy atom. The van der Waals surface area contributed by atoms with E-state index in [0.717, 1.165) is 12.8 Å². The third-order valence-electron chi connectivity index (χ3n) is 7.99. The number of aryl methyl sites for hydroxylation is 1. The van der Waals surface area contributed by atoms with Crippen molar-refractivity contribution in [2.45, 2.75) is 56.9 Å². The van der Waals surface area contributed by atoms with Crippen molar-refractivity contribution in [2.24, 2.45) is 0 Å². The number of carbonyl (C=O) groups is 3. The monoisotopic (exact) mass is 747 g/mol. The molecule has 3 aliphatic rings. The minimum atomic E-state index is -5.08. The van der Waals surface area contributed by atoms with Crippen LogP contribution in [-0.2, 0) is 20.8 Å². The van der Waals surface area contributed by atoms with Gasteiger partial charge in [0.25, 0.3) is 0 Å². The summed E-state index contributed by atoms with van der Waals surface area (Å²) in [4.78, 5) is 46.1. The van der Waals surface area contributed by atoms with Crippen LogP contribution in [0.3, 0.4) is 0 Å². The van der Waals surface area contributed by atoms with E-state index in [1.165, 1.54) is 31.5 Å². The predicted molar refractivity (Wildman–Crippen MR) is 167 cm³/mol. The first-order valence-electron chi connectivity index (χ1n) is 15.2. The van der Waals surface area contributed by atoms with Gasteiger partial charge >= 0.3 is 30.3 Å². The lowest BCUT2D eigenvalue weighted by Gasteiger charge is -2.42. The van der Waals surface area contributed by atoms with Gasteiger partial charge in [-0.1, -0.05) is 6.07 Å². The third kappa shape index (κ3) is 8.83. The van der Waals surface area contributed by atoms with Crippen LogP contribution in [-0.4, -0.2) is 86.2 Å². The van der Waals surface area contributed by atoms with Gasteiger partial charge in [-0.2, -0.15) is 36.3 Å². The van der Waals surface area contributed by atoms with E-state index in [4.69, 9.17) is 24.5 Å². The number of phenols is 1. The van der Waals surface area contributed by atoms with E-state index in [1.807, 2.05) is 11.8 Å². The lowest BCUT2D eigenvalue weighted by Crippen LogP contribution is -2.57. The number of hydrogen-bond donors (Lipinski definition) is 4. The molecule has 0 unspecified atom stereocenters. The lowest BCUT2D eigenvalue weighted by molar-refractivity contribution is -0.193. The number of anilines is 1. The number of pyridine rings is 1. The molecule has 3 aliphatic heterocycles. The van der Waals surface area contributed by atoms with E-state index < -0.39 is 41.5 Å². The van der Waals surface area contributed by atoms with Gasteiger partial charge in [0.1, 0.15) is 28.6 Å². The summed E-state index contributed by atoms with van der Waals surface area (Å²) in [5, 5.41) is 29.3. The number of fused-ring (bicyclic) bond motifs is 5. The van der Waals surface area contributed by atoms with Crippen LogP contribution in [0, 0.1) is 11.6 Å². The predicted octanol–water partition coefficient (Wildman–Crippen LogP) is 5.92. The molecule has 0 saturated carbocycles. The van der Waals surface area contributed by atoms with Crippen LogP contribution in [0.2, 0.25) is 0 Å². The average Bonchev–Trinajstić information content (AvgIpc) is 3.04. The largest absolute Gasteiger partial charge is 0.508 e. The Morgan fingerprint density at radius 1 is 0.981 bits per heavy atom. The van der Waals surface area contributed by atoms with E-state index in [9.17, 15) is 36.2 Å². The number of carbonyl (C=O) groups excluding carboxylic acids is 1. The molecular weight excluding hydrogens is 718 g/mol. The summed E-state index contributed by atoms with van der Waals surface area (Å²) in [7, 11) is 1.41. The van der Waals surface area contributed by atoms with Crippen LogP contribution in [0.1, 0.15) is 38.2 Å². The number of halogens is 8. The highest BCUT2D eigenvalue weighted by molar-refractivity contribution is 6.02. The van der Waals surface area contributed by atoms with Crippen LogP contribution in [0.4, 0.5) is 40.9 Å². The molecule has 0 radical (unpaired) electrons. The van der Waals surface area contributed by atoms with E-state index in [2.05, 4.69) is 20.3 Å². The Bertz CT molecular complexity index is 2000. The fourth-order valence-corrected chi connectivity index (χ4v) is 5.82. The smallest absolute Gasteiger partial charge is 0.490 e. The first-order chi connectivity index (χ1) is 24.1. The molecule has 0 aliphatic carbocycles. The Morgan fingerprint density at radius 2 is 1.62 bits per heavy atom. The summed E-state index contributed by atoms with van der Waals surface area (Å²) in [6.07, 6.45) is -6.23. The Kier molecular flexibility index (Phi) is 11.3. The molecule has 4 N–H and O–H groups in total. The number of nitrogens with one attached hydrogen (secondary N) is 1. The van der Waals surface area contributed by atoms with Crippen LogP contribution in [0.25, 0.3) is 32.9 Å². The molecule has 6 bridgehead atoms. The van der Waals surface area contributed by atoms with Crippen molar-refractivity contribution in [3.8, 4) is 23.0 Å². The number of alkyl halides is 6. The number of aromatic hydroxyl groups is 1. The maximum atomic E-state index is 16.3. The molecule has 1 amide bonds. The van der Waals surface area contributed by atoms with Gasteiger partial charge in [-0.05, 0) is 67.1 Å². The molecule has 1 saturated heterocycles. The minimum Gasteiger partial charge on any atom is -0.508 e. The summed E-state index contributed by atoms with van der Waals surface area (Å²) in [5.41, 5.74) is 0.00267. The van der Waals surface area contributed by atoms with Crippen molar-refractivity contribution in [3.05, 3.63) is 47.7 Å². The first-order valence-corrected chi connectivity index (χ1v) is 15.2. The van der Waals surface area contributed by atoms with Gasteiger partial charge in [0.15, 0.2) is 5.82 Å². The summed E-state index contributed by atoms with van der Waals surface area (Å²) in [6.45, 7) is 3.10. The van der Waals surface area contributed by atoms with Crippen molar-refractivity contribution >= 4 is 45.3 Å². The number of ether oxygens (including phenoxy) is 1. The average molecular weight is 748 g/mol. The molecule has 5 heterocycles. The second-order valence-electron chi connectivity index (χ2n) is 11.9. The van der Waals surface area contributed by atoms with Crippen LogP contribution in [0.5, 0.6) is 11.8 Å². The first kappa shape index (κ1) is 39.2. The summed E-state index contributed by atoms with van der Waals surface area (Å²) in [6, 6.07) is 5.75. The lowest BCUT2D eigenvalue weighted by atomic mass is 9.90. The maximum Gasteiger partial charge on any atom is 0.490 e. The number of rotatable bonds is 1. The summed E-state index contributed by atoms with van der Waals surface area (Å²) < 4.78 is 100. The van der Waals surface area contributed by atoms with Gasteiger partial charge in [0.05, 0.1) is 18.0 Å². The number of piperidine rings is 1. The Balaban J connectivity index is 0.000000367. The van der Waals surface area contributed by atoms with Gasteiger partial charge in [0.2, 0.25) is 5.91 Å². The Hall–Kier alpha value is -5.56. The molecular formula is C32H29F8N5O7. The highest BCUT2D eigenvalue weighted by Crippen LogP contribution is 2.40. The highest BCUT2D eigenvalue weighted by Gasteiger charge is 2.39. The molecule has 20 heteroatoms. The van der Waals surface area contributed by atoms with Crippen LogP contribution >= 0.6 is 0 Å². The summed E-state index contributed by atoms with van der Waals surface area (Å²) >= 11 is 0. The number of carboxylic acids is 2. The van der Waals surface area contributed by atoms with Crippen LogP contribution in [0.15, 0.2) is 30.5 Å². The molecule has 2 aromatic carbocycles. The van der Waals surface area contributed by atoms with Crippen LogP contribution < -0.4 is 15.0 Å². The Labute approximate surface area is 288 Å². The number of phenolic OH excluding ortho intramolecular Hbond substituents is 1. The maximum absolute atomic E-state index is 16.3. The number of aromatic nitrogens is 3. The topological polar surface area (TPSA) is 175 Å². The fraction of sp³-hybridized carbons (Fsp3) is 0.375. The highest BCUT2D eigenvalue weighted by atomic mass is 19.4. The van der Waals surface area contributed by atoms with Gasteiger partial charge in [-0.25, -0.2) is 18.4 Å². The van der Waals surface area contributed by atoms with Crippen molar-refractivity contribution in [3.63, 3.8) is 0 Å². The molecule has 280 valence electrons. The molecule has 1 atom stereocenters. The number of carboxylic acid groups (broad SMARTS) is 2. The molecule has 2 aromatic heterocycles. The number of hydrogen-bond acceptors (Lipinski definition) is 9. The number of benzene rings is 2. The van der Waals surface area contributed by atoms with Crippen molar-refractivity contribution < 1.29 is 69.6 Å². The normalized spacial score (nSPS) is 17.5. The molecule has 7 rings (SSSR count). The van der Waals surface area contributed by atoms with E-state index >= 15 is 8.78 Å². The van der Waals surface area contributed by atoms with E-state index in [0.29, 0.717) is 47.1 Å². The molecule has 12 nitrogen and oxygen atoms in total. The number of aliphatic carboxylic acids is 2. The number of amides is 1. The minimum absolute atomic E-state index is 0.00604. The quantitative estimate of drug-likeness (QED) is 0.170.